The molecule has 2 atom stereocenters. The summed E-state index contributed by atoms with van der Waals surface area (Å²) in [7, 11) is 0. The van der Waals surface area contributed by atoms with Gasteiger partial charge in [0.15, 0.2) is 0 Å². The zero-order valence-corrected chi connectivity index (χ0v) is 7.96. The van der Waals surface area contributed by atoms with Crippen LogP contribution in [0.4, 0.5) is 0 Å². The van der Waals surface area contributed by atoms with E-state index in [-0.39, 0.29) is 5.92 Å². The molecule has 0 spiro atoms. The molecule has 0 aliphatic heterocycles. The molecule has 0 bridgehead atoms. The molecule has 4 nitrogen and oxygen atoms in total. The van der Waals surface area contributed by atoms with Crippen LogP contribution in [0.2, 0.25) is 0 Å². The quantitative estimate of drug-likeness (QED) is 0.583. The van der Waals surface area contributed by atoms with Gasteiger partial charge in [-0.15, -0.1) is 0 Å². The lowest BCUT2D eigenvalue weighted by atomic mass is 9.95. The van der Waals surface area contributed by atoms with E-state index in [0.29, 0.717) is 0 Å². The number of aliphatic hydroxyl groups excluding tert-OH is 1. The van der Waals surface area contributed by atoms with Crippen molar-refractivity contribution in [1.29, 1.82) is 0 Å². The molecule has 0 unspecified atom stereocenters. The zero-order chi connectivity index (χ0) is 10.6. The molecule has 1 rings (SSSR count). The first kappa shape index (κ1) is 10.7. The van der Waals surface area contributed by atoms with E-state index in [4.69, 9.17) is 0 Å². The van der Waals surface area contributed by atoms with Gasteiger partial charge in [-0.25, -0.2) is 0 Å². The molecule has 0 amide bonds. The van der Waals surface area contributed by atoms with Crippen molar-refractivity contribution in [1.82, 2.24) is 0 Å². The lowest BCUT2D eigenvalue weighted by Gasteiger charge is -2.15. The van der Waals surface area contributed by atoms with E-state index in [0.717, 1.165) is 5.56 Å². The molecule has 76 valence electrons. The molecule has 0 radical (unpaired) electrons. The highest BCUT2D eigenvalue weighted by molar-refractivity contribution is 5.19. The fraction of sp³-hybridized carbons (Fsp3) is 0.400. The molecule has 1 aromatic carbocycles. The van der Waals surface area contributed by atoms with Crippen molar-refractivity contribution in [2.45, 2.75) is 18.9 Å². The van der Waals surface area contributed by atoms with E-state index >= 15 is 0 Å². The molecule has 1 N–H and O–H groups in total. The Morgan fingerprint density at radius 3 is 2.50 bits per heavy atom. The average molecular weight is 195 g/mol. The fourth-order valence-corrected chi connectivity index (χ4v) is 1.29. The summed E-state index contributed by atoms with van der Waals surface area (Å²) < 4.78 is 0. The highest BCUT2D eigenvalue weighted by Gasteiger charge is 2.20. The van der Waals surface area contributed by atoms with E-state index in [9.17, 15) is 15.2 Å². The Bertz CT molecular complexity index is 299. The Labute approximate surface area is 82.3 Å². The molecule has 0 aromatic heterocycles. The number of nitrogens with zero attached hydrogens (tertiary/aromatic N) is 1. The van der Waals surface area contributed by atoms with E-state index in [1.54, 1.807) is 6.92 Å². The van der Waals surface area contributed by atoms with Crippen molar-refractivity contribution in [2.75, 3.05) is 6.54 Å². The van der Waals surface area contributed by atoms with Gasteiger partial charge in [-0.05, 0) is 5.56 Å². The van der Waals surface area contributed by atoms with Crippen LogP contribution in [0, 0.1) is 10.1 Å². The van der Waals surface area contributed by atoms with Crippen LogP contribution in [-0.4, -0.2) is 22.7 Å². The number of nitro groups is 1. The Hall–Kier alpha value is -1.42. The molecule has 0 aliphatic carbocycles. The molecule has 4 heteroatoms. The van der Waals surface area contributed by atoms with E-state index in [1.165, 1.54) is 0 Å². The maximum absolute atomic E-state index is 10.2. The third-order valence-electron chi connectivity index (χ3n) is 2.24. The summed E-state index contributed by atoms with van der Waals surface area (Å²) in [5, 5.41) is 19.7. The van der Waals surface area contributed by atoms with Crippen LogP contribution in [0.1, 0.15) is 18.4 Å². The first-order chi connectivity index (χ1) is 6.61. The Kier molecular flexibility index (Phi) is 3.59. The largest absolute Gasteiger partial charge is 0.386 e. The predicted octanol–water partition coefficient (Wildman–Crippen LogP) is 1.43. The lowest BCUT2D eigenvalue weighted by Crippen LogP contribution is -2.25. The van der Waals surface area contributed by atoms with Gasteiger partial charge in [0.05, 0.1) is 0 Å². The first-order valence-corrected chi connectivity index (χ1v) is 4.46. The third kappa shape index (κ3) is 2.81. The summed E-state index contributed by atoms with van der Waals surface area (Å²) in [6.07, 6.45) is -0.924. The van der Waals surface area contributed by atoms with Gasteiger partial charge in [-0.3, -0.25) is 10.1 Å². The van der Waals surface area contributed by atoms with Crippen molar-refractivity contribution in [3.8, 4) is 0 Å². The van der Waals surface area contributed by atoms with Gasteiger partial charge in [0.2, 0.25) is 6.54 Å². The molecular formula is C10H13NO3. The minimum Gasteiger partial charge on any atom is -0.386 e. The lowest BCUT2D eigenvalue weighted by molar-refractivity contribution is -0.491. The van der Waals surface area contributed by atoms with Gasteiger partial charge in [0.25, 0.3) is 0 Å². The summed E-state index contributed by atoms with van der Waals surface area (Å²) in [6, 6.07) is 9.28. The average Bonchev–Trinajstić information content (AvgIpc) is 2.17. The fourth-order valence-electron chi connectivity index (χ4n) is 1.29. The number of hydrogen-bond donors (Lipinski definition) is 1. The van der Waals surface area contributed by atoms with Gasteiger partial charge >= 0.3 is 0 Å². The van der Waals surface area contributed by atoms with Crippen LogP contribution in [-0.2, 0) is 0 Å². The molecule has 0 aliphatic rings. The van der Waals surface area contributed by atoms with Crippen LogP contribution in [0.5, 0.6) is 0 Å². The Morgan fingerprint density at radius 1 is 1.43 bits per heavy atom. The molecule has 14 heavy (non-hydrogen) atoms. The Morgan fingerprint density at radius 2 is 2.00 bits per heavy atom. The maximum Gasteiger partial charge on any atom is 0.230 e. The second-order valence-corrected chi connectivity index (χ2v) is 3.28. The van der Waals surface area contributed by atoms with Gasteiger partial charge in [0.1, 0.15) is 6.10 Å². The Balaban J connectivity index is 2.65. The highest BCUT2D eigenvalue weighted by Crippen LogP contribution is 2.18. The van der Waals surface area contributed by atoms with Gasteiger partial charge in [0, 0.05) is 10.8 Å². The molecule has 0 saturated carbocycles. The van der Waals surface area contributed by atoms with E-state index in [1.807, 2.05) is 30.3 Å². The molecule has 0 heterocycles. The minimum atomic E-state index is -0.924. The van der Waals surface area contributed by atoms with Crippen LogP contribution in [0.3, 0.4) is 0 Å². The van der Waals surface area contributed by atoms with E-state index < -0.39 is 17.6 Å². The van der Waals surface area contributed by atoms with Crippen molar-refractivity contribution in [3.05, 3.63) is 46.0 Å². The van der Waals surface area contributed by atoms with Crippen LogP contribution in [0.25, 0.3) is 0 Å². The topological polar surface area (TPSA) is 63.4 Å². The molecular weight excluding hydrogens is 182 g/mol. The molecule has 0 saturated heterocycles. The number of benzene rings is 1. The summed E-state index contributed by atoms with van der Waals surface area (Å²) in [5.74, 6) is -0.207. The predicted molar refractivity (Wildman–Crippen MR) is 52.7 cm³/mol. The minimum absolute atomic E-state index is 0.207. The van der Waals surface area contributed by atoms with Crippen molar-refractivity contribution >= 4 is 0 Å². The van der Waals surface area contributed by atoms with Crippen molar-refractivity contribution in [2.24, 2.45) is 0 Å². The smallest absolute Gasteiger partial charge is 0.230 e. The zero-order valence-electron chi connectivity index (χ0n) is 7.96. The summed E-state index contributed by atoms with van der Waals surface area (Å²) >= 11 is 0. The highest BCUT2D eigenvalue weighted by atomic mass is 16.6. The summed E-state index contributed by atoms with van der Waals surface area (Å²) in [5.41, 5.74) is 0.918. The third-order valence-corrected chi connectivity index (χ3v) is 2.24. The van der Waals surface area contributed by atoms with Gasteiger partial charge in [-0.2, -0.15) is 0 Å². The van der Waals surface area contributed by atoms with Crippen molar-refractivity contribution < 1.29 is 10.0 Å². The number of rotatable bonds is 4. The second kappa shape index (κ2) is 4.72. The monoisotopic (exact) mass is 195 g/mol. The first-order valence-electron chi connectivity index (χ1n) is 4.46. The standard InChI is InChI=1S/C10H13NO3/c1-8(10(12)7-11(13)14)9-5-3-2-4-6-9/h2-6,8,10,12H,7H2,1H3/t8-,10-/m1/s1. The van der Waals surface area contributed by atoms with Crippen LogP contribution >= 0.6 is 0 Å². The molecule has 0 fully saturated rings. The second-order valence-electron chi connectivity index (χ2n) is 3.28. The number of hydrogen-bond acceptors (Lipinski definition) is 3. The van der Waals surface area contributed by atoms with Crippen LogP contribution < -0.4 is 0 Å². The number of aliphatic hydroxyl groups is 1. The maximum atomic E-state index is 10.2. The summed E-state index contributed by atoms with van der Waals surface area (Å²) in [4.78, 5) is 9.70. The van der Waals surface area contributed by atoms with Gasteiger partial charge < -0.3 is 5.11 Å². The summed E-state index contributed by atoms with van der Waals surface area (Å²) in [6.45, 7) is 1.37. The normalized spacial score (nSPS) is 14.7. The SMILES string of the molecule is C[C@H](c1ccccc1)[C@H](O)C[N+](=O)[O-]. The van der Waals surface area contributed by atoms with Crippen molar-refractivity contribution in [3.63, 3.8) is 0 Å². The van der Waals surface area contributed by atoms with Gasteiger partial charge in [-0.1, -0.05) is 37.3 Å². The van der Waals surface area contributed by atoms with Crippen LogP contribution in [0.15, 0.2) is 30.3 Å². The molecule has 1 aromatic rings. The van der Waals surface area contributed by atoms with E-state index in [2.05, 4.69) is 0 Å².